The summed E-state index contributed by atoms with van der Waals surface area (Å²) in [6, 6.07) is 16.8. The van der Waals surface area contributed by atoms with E-state index < -0.39 is 5.91 Å². The SMILES string of the molecule is O=C(NCc1ccco1)c1ccccc1NC(=O)c1n[nH]c(=O)c2ccccc12. The molecule has 0 spiro atoms. The largest absolute Gasteiger partial charge is 0.467 e. The minimum absolute atomic E-state index is 0.0611. The van der Waals surface area contributed by atoms with Crippen LogP contribution in [0.4, 0.5) is 5.69 Å². The number of nitrogens with zero attached hydrogens (tertiary/aromatic N) is 1. The van der Waals surface area contributed by atoms with Gasteiger partial charge in [-0.25, -0.2) is 5.10 Å². The van der Waals surface area contributed by atoms with E-state index in [1.165, 1.54) is 6.26 Å². The van der Waals surface area contributed by atoms with Gasteiger partial charge in [0.1, 0.15) is 5.76 Å². The Labute approximate surface area is 164 Å². The highest BCUT2D eigenvalue weighted by Gasteiger charge is 2.17. The molecule has 144 valence electrons. The molecule has 0 fully saturated rings. The van der Waals surface area contributed by atoms with Crippen LogP contribution in [0.25, 0.3) is 10.8 Å². The van der Waals surface area contributed by atoms with Gasteiger partial charge in [0.05, 0.1) is 29.4 Å². The number of aromatic amines is 1. The summed E-state index contributed by atoms with van der Waals surface area (Å²) < 4.78 is 5.20. The Morgan fingerprint density at radius 2 is 1.69 bits per heavy atom. The van der Waals surface area contributed by atoms with Crippen molar-refractivity contribution in [2.75, 3.05) is 5.32 Å². The second kappa shape index (κ2) is 7.81. The smallest absolute Gasteiger partial charge is 0.276 e. The number of hydrogen-bond donors (Lipinski definition) is 3. The van der Waals surface area contributed by atoms with Crippen LogP contribution < -0.4 is 16.2 Å². The Morgan fingerprint density at radius 3 is 2.48 bits per heavy atom. The molecule has 2 aromatic carbocycles. The minimum Gasteiger partial charge on any atom is -0.467 e. The number of carbonyl (C=O) groups excluding carboxylic acids is 2. The summed E-state index contributed by atoms with van der Waals surface area (Å²) in [5, 5.41) is 12.4. The molecular formula is C21H16N4O4. The van der Waals surface area contributed by atoms with Crippen molar-refractivity contribution in [1.82, 2.24) is 15.5 Å². The zero-order valence-corrected chi connectivity index (χ0v) is 15.1. The molecule has 0 radical (unpaired) electrons. The molecule has 8 nitrogen and oxygen atoms in total. The highest BCUT2D eigenvalue weighted by molar-refractivity contribution is 6.13. The predicted octanol–water partition coefficient (Wildman–Crippen LogP) is 2.70. The van der Waals surface area contributed by atoms with E-state index in [0.29, 0.717) is 27.8 Å². The standard InChI is InChI=1S/C21H16N4O4/c26-19(22-12-13-6-5-11-29-13)16-9-3-4-10-17(16)23-21(28)18-14-7-1-2-8-15(14)20(27)25-24-18/h1-11H,12H2,(H,22,26)(H,23,28)(H,25,27). The average Bonchev–Trinajstić information content (AvgIpc) is 3.26. The maximum Gasteiger partial charge on any atom is 0.276 e. The molecule has 0 aliphatic heterocycles. The fourth-order valence-electron chi connectivity index (χ4n) is 2.94. The summed E-state index contributed by atoms with van der Waals surface area (Å²) in [6.45, 7) is 0.222. The molecule has 0 saturated heterocycles. The van der Waals surface area contributed by atoms with Crippen LogP contribution >= 0.6 is 0 Å². The van der Waals surface area contributed by atoms with Crippen LogP contribution in [0, 0.1) is 0 Å². The van der Waals surface area contributed by atoms with Gasteiger partial charge in [0, 0.05) is 5.39 Å². The normalized spacial score (nSPS) is 10.6. The van der Waals surface area contributed by atoms with Crippen molar-refractivity contribution in [3.63, 3.8) is 0 Å². The summed E-state index contributed by atoms with van der Waals surface area (Å²) >= 11 is 0. The van der Waals surface area contributed by atoms with E-state index in [4.69, 9.17) is 4.42 Å². The third-order valence-corrected chi connectivity index (χ3v) is 4.33. The van der Waals surface area contributed by atoms with Gasteiger partial charge < -0.3 is 15.1 Å². The number of aromatic nitrogens is 2. The highest BCUT2D eigenvalue weighted by Crippen LogP contribution is 2.18. The van der Waals surface area contributed by atoms with Crippen molar-refractivity contribution in [2.45, 2.75) is 6.54 Å². The second-order valence-electron chi connectivity index (χ2n) is 6.21. The lowest BCUT2D eigenvalue weighted by molar-refractivity contribution is 0.0949. The Kier molecular flexibility index (Phi) is 4.90. The Balaban J connectivity index is 1.59. The molecule has 2 amide bonds. The van der Waals surface area contributed by atoms with Gasteiger partial charge in [-0.2, -0.15) is 5.10 Å². The fourth-order valence-corrected chi connectivity index (χ4v) is 2.94. The maximum atomic E-state index is 12.8. The number of anilines is 1. The molecule has 0 saturated carbocycles. The number of furan rings is 1. The maximum absolute atomic E-state index is 12.8. The predicted molar refractivity (Wildman–Crippen MR) is 107 cm³/mol. The van der Waals surface area contributed by atoms with E-state index in [1.54, 1.807) is 60.7 Å². The van der Waals surface area contributed by atoms with Crippen molar-refractivity contribution in [1.29, 1.82) is 0 Å². The number of benzene rings is 2. The zero-order valence-electron chi connectivity index (χ0n) is 15.1. The van der Waals surface area contributed by atoms with Crippen LogP contribution in [0.2, 0.25) is 0 Å². The van der Waals surface area contributed by atoms with Crippen molar-refractivity contribution in [2.24, 2.45) is 0 Å². The van der Waals surface area contributed by atoms with E-state index in [0.717, 1.165) is 0 Å². The first kappa shape index (κ1) is 18.2. The third kappa shape index (κ3) is 3.77. The van der Waals surface area contributed by atoms with Gasteiger partial charge in [-0.1, -0.05) is 30.3 Å². The zero-order chi connectivity index (χ0) is 20.2. The number of nitrogens with one attached hydrogen (secondary N) is 3. The molecule has 0 aliphatic carbocycles. The van der Waals surface area contributed by atoms with Crippen molar-refractivity contribution in [3.05, 3.63) is 94.3 Å². The van der Waals surface area contributed by atoms with Crippen LogP contribution in [0.1, 0.15) is 26.6 Å². The summed E-state index contributed by atoms with van der Waals surface area (Å²) in [6.07, 6.45) is 1.52. The molecule has 8 heteroatoms. The number of H-pyrrole nitrogens is 1. The third-order valence-electron chi connectivity index (χ3n) is 4.33. The Bertz CT molecular complexity index is 1250. The van der Waals surface area contributed by atoms with Gasteiger partial charge in [-0.05, 0) is 30.3 Å². The molecule has 3 N–H and O–H groups in total. The number of fused-ring (bicyclic) bond motifs is 1. The van der Waals surface area contributed by atoms with Gasteiger partial charge in [-0.15, -0.1) is 0 Å². The number of rotatable bonds is 5. The molecular weight excluding hydrogens is 372 g/mol. The van der Waals surface area contributed by atoms with E-state index in [9.17, 15) is 14.4 Å². The molecule has 2 aromatic heterocycles. The highest BCUT2D eigenvalue weighted by atomic mass is 16.3. The number of para-hydroxylation sites is 1. The number of amides is 2. The topological polar surface area (TPSA) is 117 Å². The van der Waals surface area contributed by atoms with Gasteiger partial charge in [0.25, 0.3) is 17.4 Å². The summed E-state index contributed by atoms with van der Waals surface area (Å²) in [5.41, 5.74) is 0.300. The van der Waals surface area contributed by atoms with E-state index in [1.807, 2.05) is 0 Å². The lowest BCUT2D eigenvalue weighted by Gasteiger charge is -2.11. The van der Waals surface area contributed by atoms with Gasteiger partial charge in [-0.3, -0.25) is 14.4 Å². The van der Waals surface area contributed by atoms with Gasteiger partial charge in [0.2, 0.25) is 0 Å². The molecule has 0 unspecified atom stereocenters. The lowest BCUT2D eigenvalue weighted by Crippen LogP contribution is -2.25. The average molecular weight is 388 g/mol. The molecule has 4 rings (SSSR count). The van der Waals surface area contributed by atoms with E-state index in [2.05, 4.69) is 20.8 Å². The molecule has 0 aliphatic rings. The Hall–Kier alpha value is -4.20. The summed E-state index contributed by atoms with van der Waals surface area (Å²) in [5.74, 6) is -0.288. The first-order valence-electron chi connectivity index (χ1n) is 8.82. The number of hydrogen-bond acceptors (Lipinski definition) is 5. The van der Waals surface area contributed by atoms with E-state index in [-0.39, 0.29) is 23.7 Å². The van der Waals surface area contributed by atoms with Crippen molar-refractivity contribution >= 4 is 28.3 Å². The molecule has 2 heterocycles. The van der Waals surface area contributed by atoms with Crippen molar-refractivity contribution in [3.8, 4) is 0 Å². The lowest BCUT2D eigenvalue weighted by atomic mass is 10.1. The van der Waals surface area contributed by atoms with Crippen LogP contribution in [-0.2, 0) is 6.54 Å². The first-order valence-corrected chi connectivity index (χ1v) is 8.82. The molecule has 4 aromatic rings. The monoisotopic (exact) mass is 388 g/mol. The summed E-state index contributed by atoms with van der Waals surface area (Å²) in [7, 11) is 0. The van der Waals surface area contributed by atoms with E-state index >= 15 is 0 Å². The van der Waals surface area contributed by atoms with Crippen LogP contribution in [0.15, 0.2) is 76.1 Å². The van der Waals surface area contributed by atoms with Crippen LogP contribution in [0.3, 0.4) is 0 Å². The Morgan fingerprint density at radius 1 is 0.931 bits per heavy atom. The van der Waals surface area contributed by atoms with Crippen LogP contribution in [-0.4, -0.2) is 22.0 Å². The van der Waals surface area contributed by atoms with Crippen LogP contribution in [0.5, 0.6) is 0 Å². The number of carbonyl (C=O) groups is 2. The second-order valence-corrected chi connectivity index (χ2v) is 6.21. The van der Waals surface area contributed by atoms with Crippen molar-refractivity contribution < 1.29 is 14.0 Å². The van der Waals surface area contributed by atoms with Gasteiger partial charge in [0.15, 0.2) is 5.69 Å². The fraction of sp³-hybridized carbons (Fsp3) is 0.0476. The summed E-state index contributed by atoms with van der Waals surface area (Å²) in [4.78, 5) is 37.3. The minimum atomic E-state index is -0.538. The molecule has 0 atom stereocenters. The van der Waals surface area contributed by atoms with Gasteiger partial charge >= 0.3 is 0 Å². The molecule has 29 heavy (non-hydrogen) atoms. The quantitative estimate of drug-likeness (QED) is 0.486. The molecule has 0 bridgehead atoms. The first-order chi connectivity index (χ1) is 14.1.